The van der Waals surface area contributed by atoms with Crippen molar-refractivity contribution in [2.24, 2.45) is 0 Å². The first kappa shape index (κ1) is 10.2. The van der Waals surface area contributed by atoms with Crippen molar-refractivity contribution in [1.82, 2.24) is 4.40 Å². The molecule has 2 aromatic rings. The van der Waals surface area contributed by atoms with Crippen LogP contribution in [-0.2, 0) is 4.74 Å². The van der Waals surface area contributed by atoms with Gasteiger partial charge in [-0.05, 0) is 41.1 Å². The molecule has 0 saturated heterocycles. The Labute approximate surface area is 95.8 Å². The first-order valence-electron chi connectivity index (χ1n) is 4.66. The van der Waals surface area contributed by atoms with Crippen molar-refractivity contribution in [2.75, 3.05) is 6.61 Å². The molecule has 0 amide bonds. The molecule has 0 unspecified atom stereocenters. The van der Waals surface area contributed by atoms with E-state index in [1.54, 1.807) is 13.0 Å². The Bertz CT molecular complexity index is 504. The molecule has 0 bridgehead atoms. The average Bonchev–Trinajstić information content (AvgIpc) is 2.58. The third-order valence-corrected chi connectivity index (χ3v) is 2.74. The van der Waals surface area contributed by atoms with E-state index in [2.05, 4.69) is 15.9 Å². The van der Waals surface area contributed by atoms with Crippen LogP contribution in [0.15, 0.2) is 35.1 Å². The molecule has 0 radical (unpaired) electrons. The van der Waals surface area contributed by atoms with Crippen LogP contribution in [0, 0.1) is 0 Å². The monoisotopic (exact) mass is 267 g/mol. The van der Waals surface area contributed by atoms with Crippen LogP contribution in [0.1, 0.15) is 17.3 Å². The van der Waals surface area contributed by atoms with Crippen LogP contribution in [0.25, 0.3) is 5.52 Å². The summed E-state index contributed by atoms with van der Waals surface area (Å²) in [5.74, 6) is -0.285. The van der Waals surface area contributed by atoms with Crippen LogP contribution in [0.5, 0.6) is 0 Å². The zero-order valence-corrected chi connectivity index (χ0v) is 9.82. The molecule has 0 spiro atoms. The minimum Gasteiger partial charge on any atom is -0.462 e. The standard InChI is InChI=1S/C11H10BrNO2/c1-2-15-11(14)8-7-10(12)13-6-4-3-5-9(8)13/h3-7H,2H2,1H3. The van der Waals surface area contributed by atoms with Crippen LogP contribution in [0.2, 0.25) is 0 Å². The summed E-state index contributed by atoms with van der Waals surface area (Å²) in [6.45, 7) is 2.19. The van der Waals surface area contributed by atoms with Crippen LogP contribution >= 0.6 is 15.9 Å². The number of carbonyl (C=O) groups is 1. The van der Waals surface area contributed by atoms with Gasteiger partial charge >= 0.3 is 5.97 Å². The highest BCUT2D eigenvalue weighted by atomic mass is 79.9. The number of ether oxygens (including phenoxy) is 1. The quantitative estimate of drug-likeness (QED) is 0.784. The summed E-state index contributed by atoms with van der Waals surface area (Å²) in [4.78, 5) is 11.6. The van der Waals surface area contributed by atoms with E-state index in [4.69, 9.17) is 4.74 Å². The first-order valence-corrected chi connectivity index (χ1v) is 5.46. The molecule has 4 heteroatoms. The Kier molecular flexibility index (Phi) is 2.77. The highest BCUT2D eigenvalue weighted by Crippen LogP contribution is 2.21. The number of nitrogens with zero attached hydrogens (tertiary/aromatic N) is 1. The normalized spacial score (nSPS) is 10.5. The van der Waals surface area contributed by atoms with Crippen LogP contribution in [0.3, 0.4) is 0 Å². The second-order valence-electron chi connectivity index (χ2n) is 3.06. The second-order valence-corrected chi connectivity index (χ2v) is 3.87. The van der Waals surface area contributed by atoms with Gasteiger partial charge in [-0.1, -0.05) is 6.07 Å². The van der Waals surface area contributed by atoms with Crippen LogP contribution in [-0.4, -0.2) is 17.0 Å². The van der Waals surface area contributed by atoms with E-state index < -0.39 is 0 Å². The van der Waals surface area contributed by atoms with E-state index in [9.17, 15) is 4.79 Å². The predicted octanol–water partition coefficient (Wildman–Crippen LogP) is 2.88. The summed E-state index contributed by atoms with van der Waals surface area (Å²) in [5, 5.41) is 0. The summed E-state index contributed by atoms with van der Waals surface area (Å²) in [5.41, 5.74) is 1.44. The maximum absolute atomic E-state index is 11.6. The first-order chi connectivity index (χ1) is 7.24. The number of pyridine rings is 1. The number of fused-ring (bicyclic) bond motifs is 1. The molecule has 3 nitrogen and oxygen atoms in total. The molecular formula is C11H10BrNO2. The fourth-order valence-corrected chi connectivity index (χ4v) is 2.02. The smallest absolute Gasteiger partial charge is 0.340 e. The largest absolute Gasteiger partial charge is 0.462 e. The molecule has 0 fully saturated rings. The molecule has 0 aliphatic rings. The average molecular weight is 268 g/mol. The van der Waals surface area contributed by atoms with Crippen molar-refractivity contribution < 1.29 is 9.53 Å². The number of halogens is 1. The van der Waals surface area contributed by atoms with Crippen molar-refractivity contribution in [3.63, 3.8) is 0 Å². The van der Waals surface area contributed by atoms with Crippen molar-refractivity contribution in [3.8, 4) is 0 Å². The van der Waals surface area contributed by atoms with E-state index >= 15 is 0 Å². The Morgan fingerprint density at radius 3 is 3.07 bits per heavy atom. The number of carbonyl (C=O) groups excluding carboxylic acids is 1. The minimum atomic E-state index is -0.285. The van der Waals surface area contributed by atoms with Gasteiger partial charge in [0.2, 0.25) is 0 Å². The van der Waals surface area contributed by atoms with Gasteiger partial charge in [0.15, 0.2) is 0 Å². The van der Waals surface area contributed by atoms with Crippen LogP contribution < -0.4 is 0 Å². The molecule has 78 valence electrons. The number of rotatable bonds is 2. The molecule has 2 rings (SSSR count). The van der Waals surface area contributed by atoms with Crippen molar-refractivity contribution in [1.29, 1.82) is 0 Å². The molecule has 2 aromatic heterocycles. The van der Waals surface area contributed by atoms with E-state index in [1.165, 1.54) is 0 Å². The molecule has 0 atom stereocenters. The maximum atomic E-state index is 11.6. The lowest BCUT2D eigenvalue weighted by atomic mass is 10.2. The summed E-state index contributed by atoms with van der Waals surface area (Å²) in [6, 6.07) is 7.46. The Hall–Kier alpha value is -1.29. The van der Waals surface area contributed by atoms with Gasteiger partial charge in [-0.15, -0.1) is 0 Å². The van der Waals surface area contributed by atoms with Gasteiger partial charge in [-0.2, -0.15) is 0 Å². The highest BCUT2D eigenvalue weighted by Gasteiger charge is 2.14. The lowest BCUT2D eigenvalue weighted by Crippen LogP contribution is -2.03. The molecule has 0 aliphatic carbocycles. The molecule has 15 heavy (non-hydrogen) atoms. The predicted molar refractivity (Wildman–Crippen MR) is 61.1 cm³/mol. The SMILES string of the molecule is CCOC(=O)c1cc(Br)n2ccccc12. The molecule has 0 saturated carbocycles. The van der Waals surface area contributed by atoms with Gasteiger partial charge < -0.3 is 9.14 Å². The third kappa shape index (κ3) is 1.77. The highest BCUT2D eigenvalue weighted by molar-refractivity contribution is 9.10. The van der Waals surface area contributed by atoms with Gasteiger partial charge in [0.05, 0.1) is 22.3 Å². The van der Waals surface area contributed by atoms with Gasteiger partial charge in [-0.25, -0.2) is 4.79 Å². The van der Waals surface area contributed by atoms with Gasteiger partial charge in [0, 0.05) is 6.20 Å². The number of esters is 1. The number of aromatic nitrogens is 1. The zero-order chi connectivity index (χ0) is 10.8. The summed E-state index contributed by atoms with van der Waals surface area (Å²) in [7, 11) is 0. The van der Waals surface area contributed by atoms with E-state index in [-0.39, 0.29) is 5.97 Å². The Morgan fingerprint density at radius 2 is 2.33 bits per heavy atom. The molecule has 0 N–H and O–H groups in total. The number of hydrogen-bond donors (Lipinski definition) is 0. The molecule has 2 heterocycles. The fraction of sp³-hybridized carbons (Fsp3) is 0.182. The van der Waals surface area contributed by atoms with E-state index in [0.29, 0.717) is 12.2 Å². The number of hydrogen-bond acceptors (Lipinski definition) is 2. The maximum Gasteiger partial charge on any atom is 0.340 e. The third-order valence-electron chi connectivity index (χ3n) is 2.12. The van der Waals surface area contributed by atoms with Crippen molar-refractivity contribution in [3.05, 3.63) is 40.6 Å². The Morgan fingerprint density at radius 1 is 1.53 bits per heavy atom. The summed E-state index contributed by atoms with van der Waals surface area (Å²) >= 11 is 3.39. The Balaban J connectivity index is 2.57. The van der Waals surface area contributed by atoms with Crippen LogP contribution in [0.4, 0.5) is 0 Å². The summed E-state index contributed by atoms with van der Waals surface area (Å²) in [6.07, 6.45) is 1.89. The summed E-state index contributed by atoms with van der Waals surface area (Å²) < 4.78 is 7.72. The van der Waals surface area contributed by atoms with E-state index in [0.717, 1.165) is 10.1 Å². The van der Waals surface area contributed by atoms with Gasteiger partial charge in [0.1, 0.15) is 0 Å². The van der Waals surface area contributed by atoms with Gasteiger partial charge in [0.25, 0.3) is 0 Å². The minimum absolute atomic E-state index is 0.285. The lowest BCUT2D eigenvalue weighted by Gasteiger charge is -1.99. The topological polar surface area (TPSA) is 30.7 Å². The molecular weight excluding hydrogens is 258 g/mol. The van der Waals surface area contributed by atoms with Gasteiger partial charge in [-0.3, -0.25) is 0 Å². The van der Waals surface area contributed by atoms with E-state index in [1.807, 2.05) is 28.8 Å². The molecule has 0 aromatic carbocycles. The molecule has 0 aliphatic heterocycles. The fourth-order valence-electron chi connectivity index (χ4n) is 1.48. The lowest BCUT2D eigenvalue weighted by molar-refractivity contribution is 0.0529. The van der Waals surface area contributed by atoms with Crippen molar-refractivity contribution in [2.45, 2.75) is 6.92 Å². The second kappa shape index (κ2) is 4.06. The van der Waals surface area contributed by atoms with Crippen molar-refractivity contribution >= 4 is 27.4 Å². The zero-order valence-electron chi connectivity index (χ0n) is 8.24.